The first-order valence-electron chi connectivity index (χ1n) is 14.0. The van der Waals surface area contributed by atoms with Crippen LogP contribution in [0.2, 0.25) is 5.02 Å². The number of anilines is 1. The molecule has 1 amide bonds. The molecule has 2 N–H and O–H groups in total. The molecule has 0 spiro atoms. The van der Waals surface area contributed by atoms with Crippen LogP contribution >= 0.6 is 23.8 Å². The van der Waals surface area contributed by atoms with Crippen LogP contribution in [0.4, 0.5) is 5.69 Å². The number of rotatable bonds is 7. The maximum Gasteiger partial charge on any atom is 0.226 e. The van der Waals surface area contributed by atoms with Crippen molar-refractivity contribution in [3.8, 4) is 5.69 Å². The van der Waals surface area contributed by atoms with Crippen LogP contribution in [0.15, 0.2) is 91.1 Å². The van der Waals surface area contributed by atoms with Gasteiger partial charge in [0.25, 0.3) is 0 Å². The van der Waals surface area contributed by atoms with Crippen molar-refractivity contribution >= 4 is 51.3 Å². The standard InChI is InChI=1S/C34H32ClN5OS/c1-21-14-15-25(35)20-30(21)40-22(2)19-27(23(40)3)33-32(29-12-6-7-17-36-29)38-34(42)39(33)18-16-31(41)37-28-13-8-10-24-9-4-5-11-26(24)28/h4-15,17,19-20,32-33H,16,18H2,1-3H3,(H,37,41)(H,38,42). The van der Waals surface area contributed by atoms with Gasteiger partial charge in [-0.1, -0.05) is 60.1 Å². The fourth-order valence-electron chi connectivity index (χ4n) is 6.04. The van der Waals surface area contributed by atoms with Crippen molar-refractivity contribution in [3.05, 3.63) is 124 Å². The second-order valence-corrected chi connectivity index (χ2v) is 11.6. The number of hydrogen-bond acceptors (Lipinski definition) is 3. The Morgan fingerprint density at radius 2 is 1.79 bits per heavy atom. The maximum atomic E-state index is 13.3. The summed E-state index contributed by atoms with van der Waals surface area (Å²) >= 11 is 12.3. The van der Waals surface area contributed by atoms with E-state index in [2.05, 4.69) is 51.9 Å². The summed E-state index contributed by atoms with van der Waals surface area (Å²) < 4.78 is 2.25. The van der Waals surface area contributed by atoms with Gasteiger partial charge in [-0.2, -0.15) is 0 Å². The lowest BCUT2D eigenvalue weighted by Gasteiger charge is -2.28. The summed E-state index contributed by atoms with van der Waals surface area (Å²) in [5.74, 6) is -0.0609. The second-order valence-electron chi connectivity index (χ2n) is 10.7. The quantitative estimate of drug-likeness (QED) is 0.190. The number of nitrogens with zero attached hydrogens (tertiary/aromatic N) is 3. The third kappa shape index (κ3) is 5.26. The van der Waals surface area contributed by atoms with Crippen molar-refractivity contribution in [1.82, 2.24) is 19.8 Å². The molecule has 0 bridgehead atoms. The van der Waals surface area contributed by atoms with E-state index in [0.717, 1.165) is 50.4 Å². The first-order valence-corrected chi connectivity index (χ1v) is 14.8. The SMILES string of the molecule is Cc1ccc(Cl)cc1-n1c(C)cc(C2C(c3ccccn3)NC(=S)N2CCC(=O)Nc2cccc3ccccc23)c1C. The maximum absolute atomic E-state index is 13.3. The van der Waals surface area contributed by atoms with Crippen LogP contribution in [0.5, 0.6) is 0 Å². The summed E-state index contributed by atoms with van der Waals surface area (Å²) in [7, 11) is 0. The number of aryl methyl sites for hydroxylation is 2. The normalized spacial score (nSPS) is 16.6. The van der Waals surface area contributed by atoms with E-state index in [0.29, 0.717) is 16.7 Å². The highest BCUT2D eigenvalue weighted by Gasteiger charge is 2.41. The zero-order chi connectivity index (χ0) is 29.4. The van der Waals surface area contributed by atoms with Crippen LogP contribution in [0.3, 0.4) is 0 Å². The van der Waals surface area contributed by atoms with Crippen LogP contribution in [0, 0.1) is 20.8 Å². The summed E-state index contributed by atoms with van der Waals surface area (Å²) in [6.45, 7) is 6.78. The Morgan fingerprint density at radius 3 is 2.60 bits per heavy atom. The van der Waals surface area contributed by atoms with E-state index in [1.165, 1.54) is 0 Å². The van der Waals surface area contributed by atoms with Crippen molar-refractivity contribution in [2.75, 3.05) is 11.9 Å². The van der Waals surface area contributed by atoms with E-state index in [-0.39, 0.29) is 24.4 Å². The van der Waals surface area contributed by atoms with Gasteiger partial charge in [-0.15, -0.1) is 0 Å². The van der Waals surface area contributed by atoms with E-state index in [1.807, 2.05) is 78.9 Å². The summed E-state index contributed by atoms with van der Waals surface area (Å²) in [4.78, 5) is 20.1. The molecule has 212 valence electrons. The average molecular weight is 594 g/mol. The largest absolute Gasteiger partial charge is 0.352 e. The predicted octanol–water partition coefficient (Wildman–Crippen LogP) is 7.61. The van der Waals surface area contributed by atoms with Crippen LogP contribution in [0.1, 0.15) is 46.7 Å². The van der Waals surface area contributed by atoms with Gasteiger partial charge in [-0.05, 0) is 85.9 Å². The molecule has 1 aliphatic heterocycles. The molecule has 2 aromatic heterocycles. The van der Waals surface area contributed by atoms with Gasteiger partial charge in [-0.25, -0.2) is 0 Å². The van der Waals surface area contributed by atoms with E-state index in [1.54, 1.807) is 6.20 Å². The molecule has 5 aromatic rings. The van der Waals surface area contributed by atoms with Crippen molar-refractivity contribution in [3.63, 3.8) is 0 Å². The second kappa shape index (κ2) is 11.6. The Bertz CT molecular complexity index is 1800. The molecule has 8 heteroatoms. The fraction of sp³-hybridized carbons (Fsp3) is 0.206. The summed E-state index contributed by atoms with van der Waals surface area (Å²) in [5.41, 5.74) is 7.22. The van der Waals surface area contributed by atoms with Crippen molar-refractivity contribution in [1.29, 1.82) is 0 Å². The Balaban J connectivity index is 1.33. The number of amides is 1. The Morgan fingerprint density at radius 1 is 1.00 bits per heavy atom. The number of carbonyl (C=O) groups is 1. The molecule has 0 radical (unpaired) electrons. The van der Waals surface area contributed by atoms with Crippen LogP contribution in [0.25, 0.3) is 16.5 Å². The topological polar surface area (TPSA) is 62.2 Å². The minimum Gasteiger partial charge on any atom is -0.352 e. The van der Waals surface area contributed by atoms with Crippen molar-refractivity contribution < 1.29 is 4.79 Å². The van der Waals surface area contributed by atoms with Crippen LogP contribution in [-0.2, 0) is 4.79 Å². The van der Waals surface area contributed by atoms with Crippen molar-refractivity contribution in [2.45, 2.75) is 39.3 Å². The monoisotopic (exact) mass is 593 g/mol. The van der Waals surface area contributed by atoms with Gasteiger partial charge in [0, 0.05) is 52.3 Å². The minimum absolute atomic E-state index is 0.0609. The molecule has 3 aromatic carbocycles. The number of fused-ring (bicyclic) bond motifs is 1. The van der Waals surface area contributed by atoms with Gasteiger partial charge < -0.3 is 20.1 Å². The van der Waals surface area contributed by atoms with E-state index in [9.17, 15) is 4.79 Å². The molecule has 1 aliphatic rings. The number of carbonyl (C=O) groups excluding carboxylic acids is 1. The summed E-state index contributed by atoms with van der Waals surface area (Å²) in [6, 6.07) is 27.8. The third-order valence-electron chi connectivity index (χ3n) is 8.04. The van der Waals surface area contributed by atoms with E-state index in [4.69, 9.17) is 23.8 Å². The molecule has 3 heterocycles. The van der Waals surface area contributed by atoms with Gasteiger partial charge in [0.15, 0.2) is 5.11 Å². The zero-order valence-corrected chi connectivity index (χ0v) is 25.3. The highest BCUT2D eigenvalue weighted by molar-refractivity contribution is 7.80. The molecular formula is C34H32ClN5OS. The average Bonchev–Trinajstić information content (AvgIpc) is 3.47. The number of pyridine rings is 1. The third-order valence-corrected chi connectivity index (χ3v) is 8.63. The highest BCUT2D eigenvalue weighted by Crippen LogP contribution is 2.42. The van der Waals surface area contributed by atoms with Gasteiger partial charge in [0.05, 0.1) is 17.8 Å². The Labute approximate surface area is 256 Å². The lowest BCUT2D eigenvalue weighted by Crippen LogP contribution is -2.33. The summed E-state index contributed by atoms with van der Waals surface area (Å²) in [5, 5.41) is 10.0. The van der Waals surface area contributed by atoms with Crippen molar-refractivity contribution in [2.24, 2.45) is 0 Å². The van der Waals surface area contributed by atoms with Gasteiger partial charge >= 0.3 is 0 Å². The molecule has 0 saturated carbocycles. The number of benzene rings is 3. The molecule has 2 atom stereocenters. The van der Waals surface area contributed by atoms with Crippen LogP contribution in [-0.4, -0.2) is 32.0 Å². The first-order chi connectivity index (χ1) is 20.3. The molecule has 6 nitrogen and oxygen atoms in total. The number of aromatic nitrogens is 2. The number of hydrogen-bond donors (Lipinski definition) is 2. The molecule has 1 saturated heterocycles. The fourth-order valence-corrected chi connectivity index (χ4v) is 6.53. The zero-order valence-electron chi connectivity index (χ0n) is 23.8. The molecule has 42 heavy (non-hydrogen) atoms. The number of thiocarbonyl (C=S) groups is 1. The Kier molecular flexibility index (Phi) is 7.71. The van der Waals surface area contributed by atoms with Gasteiger partial charge in [-0.3, -0.25) is 9.78 Å². The number of halogens is 1. The summed E-state index contributed by atoms with van der Waals surface area (Å²) in [6.07, 6.45) is 2.08. The predicted molar refractivity (Wildman–Crippen MR) is 174 cm³/mol. The van der Waals surface area contributed by atoms with Gasteiger partial charge in [0.1, 0.15) is 0 Å². The van der Waals surface area contributed by atoms with Gasteiger partial charge in [0.2, 0.25) is 5.91 Å². The Hall–Kier alpha value is -4.20. The van der Waals surface area contributed by atoms with E-state index < -0.39 is 0 Å². The lowest BCUT2D eigenvalue weighted by atomic mass is 9.96. The number of nitrogens with one attached hydrogen (secondary N) is 2. The van der Waals surface area contributed by atoms with Crippen LogP contribution < -0.4 is 10.6 Å². The molecular weight excluding hydrogens is 562 g/mol. The minimum atomic E-state index is -0.172. The highest BCUT2D eigenvalue weighted by atomic mass is 35.5. The van der Waals surface area contributed by atoms with E-state index >= 15 is 0 Å². The lowest BCUT2D eigenvalue weighted by molar-refractivity contribution is -0.116. The molecule has 0 aliphatic carbocycles. The molecule has 6 rings (SSSR count). The molecule has 1 fully saturated rings. The molecule has 2 unspecified atom stereocenters. The smallest absolute Gasteiger partial charge is 0.226 e. The first kappa shape index (κ1) is 27.9.